The fourth-order valence-electron chi connectivity index (χ4n) is 10.4. The number of aromatic amines is 1. The molecule has 8 atom stereocenters. The van der Waals surface area contributed by atoms with Crippen LogP contribution in [-0.4, -0.2) is 93.9 Å². The molecule has 4 amide bonds. The van der Waals surface area contributed by atoms with Gasteiger partial charge in [0.15, 0.2) is 0 Å². The van der Waals surface area contributed by atoms with Crippen LogP contribution in [0.5, 0.6) is 0 Å². The summed E-state index contributed by atoms with van der Waals surface area (Å²) in [5.74, 6) is 1.37. The predicted octanol–water partition coefficient (Wildman–Crippen LogP) is 8.09. The van der Waals surface area contributed by atoms with Crippen molar-refractivity contribution in [2.75, 3.05) is 14.2 Å². The highest BCUT2D eigenvalue weighted by molar-refractivity contribution is 6.02. The van der Waals surface area contributed by atoms with E-state index in [1.54, 1.807) is 0 Å². The standard InChI is InChI=1S/C49H53N7O6/c1-24(2)43(53-48(59)61-5)46(57)55-39-20-33(39)22-41(55)38-19-32-17-30(11-13-35(32)50-38)28-8-7-27-16-29(10-9-26(27)15-28)31-12-14-36-37(18-31)52-45(51-36)42-23-34-21-40(34)56(42)47(58)44(25(3)4)54-49(60)62-6/h7-18,24-25,33-34,39-44H,19-23H2,1-6H3,(H,51,52)(H,53,59)(H,54,60)/t33-,34-,39-,40-,41+,42+,43+,44?/m1/s1. The number of hydrogen-bond acceptors (Lipinski definition) is 8. The summed E-state index contributed by atoms with van der Waals surface area (Å²) in [7, 11) is 2.63. The van der Waals surface area contributed by atoms with Crippen molar-refractivity contribution in [1.29, 1.82) is 0 Å². The normalized spacial score (nSPS) is 24.1. The maximum Gasteiger partial charge on any atom is 0.407 e. The molecule has 3 aliphatic heterocycles. The van der Waals surface area contributed by atoms with Gasteiger partial charge in [0, 0.05) is 24.2 Å². The van der Waals surface area contributed by atoms with E-state index in [1.807, 2.05) is 43.6 Å². The van der Waals surface area contributed by atoms with E-state index in [0.717, 1.165) is 92.5 Å². The number of aliphatic imine (C=N–C) groups is 1. The van der Waals surface area contributed by atoms with Crippen molar-refractivity contribution in [1.82, 2.24) is 30.4 Å². The Labute approximate surface area is 360 Å². The fraction of sp³-hybridized carbons (Fsp3) is 0.429. The number of imidazole rings is 1. The number of fused-ring (bicyclic) bond motifs is 5. The monoisotopic (exact) mass is 835 g/mol. The number of hydrogen-bond donors (Lipinski definition) is 3. The van der Waals surface area contributed by atoms with Crippen LogP contribution in [0.2, 0.25) is 0 Å². The first kappa shape index (κ1) is 39.9. The van der Waals surface area contributed by atoms with Crippen LogP contribution in [-0.2, 0) is 25.5 Å². The molecule has 4 heterocycles. The average molecular weight is 836 g/mol. The molecule has 320 valence electrons. The summed E-state index contributed by atoms with van der Waals surface area (Å²) in [6.45, 7) is 7.75. The number of H-pyrrole nitrogens is 1. The van der Waals surface area contributed by atoms with Gasteiger partial charge in [0.1, 0.15) is 17.9 Å². The molecule has 5 aromatic rings. The minimum Gasteiger partial charge on any atom is -0.453 e. The molecule has 2 saturated carbocycles. The molecule has 2 saturated heterocycles. The van der Waals surface area contributed by atoms with Crippen molar-refractivity contribution in [3.8, 4) is 22.3 Å². The summed E-state index contributed by atoms with van der Waals surface area (Å²) in [6, 6.07) is 24.6. The van der Waals surface area contributed by atoms with E-state index in [2.05, 4.69) is 82.3 Å². The lowest BCUT2D eigenvalue weighted by molar-refractivity contribution is -0.137. The van der Waals surface area contributed by atoms with Crippen LogP contribution in [0.3, 0.4) is 0 Å². The molecule has 4 aromatic carbocycles. The van der Waals surface area contributed by atoms with Crippen LogP contribution in [0, 0.1) is 23.7 Å². The molecule has 2 aliphatic carbocycles. The summed E-state index contributed by atoms with van der Waals surface area (Å²) in [5, 5.41) is 7.80. The molecule has 1 aromatic heterocycles. The molecule has 62 heavy (non-hydrogen) atoms. The number of nitrogens with zero attached hydrogens (tertiary/aromatic N) is 4. The zero-order valence-corrected chi connectivity index (χ0v) is 36.0. The Morgan fingerprint density at radius 3 is 1.76 bits per heavy atom. The van der Waals surface area contributed by atoms with Crippen molar-refractivity contribution in [2.24, 2.45) is 28.7 Å². The Bertz CT molecular complexity index is 2690. The van der Waals surface area contributed by atoms with Crippen molar-refractivity contribution in [3.05, 3.63) is 84.2 Å². The van der Waals surface area contributed by atoms with E-state index >= 15 is 0 Å². The number of carbonyl (C=O) groups excluding carboxylic acids is 4. The van der Waals surface area contributed by atoms with Gasteiger partial charge in [-0.25, -0.2) is 14.6 Å². The van der Waals surface area contributed by atoms with Crippen LogP contribution in [0.4, 0.5) is 15.3 Å². The highest BCUT2D eigenvalue weighted by atomic mass is 16.5. The van der Waals surface area contributed by atoms with Gasteiger partial charge < -0.3 is 34.9 Å². The first-order valence-corrected chi connectivity index (χ1v) is 22.0. The van der Waals surface area contributed by atoms with Crippen LogP contribution in [0.25, 0.3) is 44.1 Å². The molecule has 10 rings (SSSR count). The lowest BCUT2D eigenvalue weighted by Crippen LogP contribution is -2.55. The third-order valence-corrected chi connectivity index (χ3v) is 13.9. The predicted molar refractivity (Wildman–Crippen MR) is 237 cm³/mol. The van der Waals surface area contributed by atoms with Gasteiger partial charge in [0.2, 0.25) is 11.8 Å². The Morgan fingerprint density at radius 1 is 0.661 bits per heavy atom. The summed E-state index contributed by atoms with van der Waals surface area (Å²) in [5.41, 5.74) is 9.30. The number of methoxy groups -OCH3 is 2. The summed E-state index contributed by atoms with van der Waals surface area (Å²) < 4.78 is 9.66. The molecule has 1 unspecified atom stereocenters. The number of amides is 4. The summed E-state index contributed by atoms with van der Waals surface area (Å²) >= 11 is 0. The average Bonchev–Trinajstić information content (AvgIpc) is 3.93. The lowest BCUT2D eigenvalue weighted by Gasteiger charge is -2.32. The van der Waals surface area contributed by atoms with Gasteiger partial charge in [-0.2, -0.15) is 0 Å². The van der Waals surface area contributed by atoms with E-state index in [0.29, 0.717) is 18.3 Å². The van der Waals surface area contributed by atoms with Crippen molar-refractivity contribution >= 4 is 57.2 Å². The minimum atomic E-state index is -0.678. The number of nitrogens with one attached hydrogen (secondary N) is 3. The Morgan fingerprint density at radius 2 is 1.18 bits per heavy atom. The first-order chi connectivity index (χ1) is 29.9. The quantitative estimate of drug-likeness (QED) is 0.128. The Kier molecular flexibility index (Phi) is 9.83. The molecule has 0 radical (unpaired) electrons. The van der Waals surface area contributed by atoms with Gasteiger partial charge >= 0.3 is 12.2 Å². The van der Waals surface area contributed by atoms with E-state index < -0.39 is 24.3 Å². The van der Waals surface area contributed by atoms with Gasteiger partial charge in [0.25, 0.3) is 0 Å². The number of rotatable bonds is 10. The number of benzene rings is 4. The van der Waals surface area contributed by atoms with E-state index in [9.17, 15) is 19.2 Å². The number of piperidine rings is 2. The molecule has 3 N–H and O–H groups in total. The second-order valence-electron chi connectivity index (χ2n) is 18.6. The third kappa shape index (κ3) is 7.04. The highest BCUT2D eigenvalue weighted by Gasteiger charge is 2.57. The maximum atomic E-state index is 13.9. The number of likely N-dealkylation sites (tertiary alicyclic amines) is 2. The number of carbonyl (C=O) groups is 4. The van der Waals surface area contributed by atoms with Gasteiger partial charge in [-0.1, -0.05) is 64.1 Å². The zero-order valence-electron chi connectivity index (χ0n) is 36.0. The van der Waals surface area contributed by atoms with Gasteiger partial charge in [-0.05, 0) is 124 Å². The van der Waals surface area contributed by atoms with Crippen molar-refractivity contribution < 1.29 is 28.7 Å². The van der Waals surface area contributed by atoms with Gasteiger partial charge in [0.05, 0.1) is 43.0 Å². The van der Waals surface area contributed by atoms with Crippen molar-refractivity contribution in [3.63, 3.8) is 0 Å². The largest absolute Gasteiger partial charge is 0.453 e. The Hall–Kier alpha value is -6.24. The van der Waals surface area contributed by atoms with Crippen molar-refractivity contribution in [2.45, 2.75) is 96.1 Å². The summed E-state index contributed by atoms with van der Waals surface area (Å²) in [4.78, 5) is 69.7. The molecule has 13 heteroatoms. The van der Waals surface area contributed by atoms with Gasteiger partial charge in [-0.3, -0.25) is 14.6 Å². The fourth-order valence-corrected chi connectivity index (χ4v) is 10.4. The highest BCUT2D eigenvalue weighted by Crippen LogP contribution is 2.54. The molecule has 0 bridgehead atoms. The second kappa shape index (κ2) is 15.3. The SMILES string of the molecule is COC(=O)NC(C(=O)N1[C@@H]2C[C@@H]2C[C@H]1c1nc2ccc(-c3ccc4cc(-c5ccc6c(c5)CC([C@@H]5C[C@H]7C[C@H]7N5C(=O)[C@@H](NC(=O)OC)C(C)C)=N6)ccc4c3)cc2[nH]1)C(C)C. The molecule has 4 fully saturated rings. The maximum absolute atomic E-state index is 13.9. The minimum absolute atomic E-state index is 0.0556. The van der Waals surface area contributed by atoms with Crippen LogP contribution in [0.1, 0.15) is 70.8 Å². The first-order valence-electron chi connectivity index (χ1n) is 22.0. The van der Waals surface area contributed by atoms with Crippen LogP contribution in [0.15, 0.2) is 77.8 Å². The lowest BCUT2D eigenvalue weighted by atomic mass is 9.95. The summed E-state index contributed by atoms with van der Waals surface area (Å²) in [6.07, 6.45) is 3.22. The topological polar surface area (TPSA) is 158 Å². The smallest absolute Gasteiger partial charge is 0.407 e. The van der Waals surface area contributed by atoms with Crippen LogP contribution < -0.4 is 10.6 Å². The zero-order chi connectivity index (χ0) is 43.1. The number of alkyl carbamates (subject to hydrolysis) is 2. The van der Waals surface area contributed by atoms with Gasteiger partial charge in [-0.15, -0.1) is 0 Å². The number of ether oxygens (including phenoxy) is 2. The van der Waals surface area contributed by atoms with E-state index in [1.165, 1.54) is 14.2 Å². The van der Waals surface area contributed by atoms with E-state index in [-0.39, 0.29) is 47.8 Å². The number of aromatic nitrogens is 2. The molecule has 13 nitrogen and oxygen atoms in total. The third-order valence-electron chi connectivity index (χ3n) is 13.9. The second-order valence-corrected chi connectivity index (χ2v) is 18.6. The molecule has 5 aliphatic rings. The Balaban J connectivity index is 0.843. The van der Waals surface area contributed by atoms with Crippen LogP contribution >= 0.6 is 0 Å². The van der Waals surface area contributed by atoms with E-state index in [4.69, 9.17) is 19.5 Å². The molecular weight excluding hydrogens is 783 g/mol. The molecule has 0 spiro atoms. The molecular formula is C49H53N7O6.